The third kappa shape index (κ3) is 3.35. The molecule has 0 fully saturated rings. The molecule has 0 aliphatic carbocycles. The highest BCUT2D eigenvalue weighted by atomic mass is 16.1. The molecule has 3 nitrogen and oxygen atoms in total. The highest BCUT2D eigenvalue weighted by molar-refractivity contribution is 5.76. The van der Waals surface area contributed by atoms with Gasteiger partial charge in [-0.3, -0.25) is 9.78 Å². The van der Waals surface area contributed by atoms with E-state index in [4.69, 9.17) is 0 Å². The van der Waals surface area contributed by atoms with Crippen LogP contribution in [0.2, 0.25) is 0 Å². The molecule has 1 rings (SSSR count). The van der Waals surface area contributed by atoms with Gasteiger partial charge in [-0.1, -0.05) is 13.0 Å². The molecule has 3 heteroatoms. The van der Waals surface area contributed by atoms with Crippen LogP contribution in [-0.2, 0) is 10.3 Å². The zero-order chi connectivity index (χ0) is 11.3. The number of nitrogens with one attached hydrogen (secondary N) is 1. The maximum atomic E-state index is 11.5. The Morgan fingerprint density at radius 1 is 1.53 bits per heavy atom. The lowest BCUT2D eigenvalue weighted by Gasteiger charge is -2.26. The lowest BCUT2D eigenvalue weighted by molar-refractivity contribution is -0.122. The summed E-state index contributed by atoms with van der Waals surface area (Å²) in [5.41, 5.74) is 0.676. The van der Waals surface area contributed by atoms with E-state index in [1.807, 2.05) is 32.9 Å². The Bertz CT molecular complexity index is 320. The van der Waals surface area contributed by atoms with E-state index >= 15 is 0 Å². The Kier molecular flexibility index (Phi) is 3.83. The first-order valence-electron chi connectivity index (χ1n) is 5.28. The number of pyridine rings is 1. The summed E-state index contributed by atoms with van der Waals surface area (Å²) in [5.74, 6) is 0.0892. The normalized spacial score (nSPS) is 11.1. The fourth-order valence-corrected chi connectivity index (χ4v) is 1.44. The van der Waals surface area contributed by atoms with Gasteiger partial charge in [0.1, 0.15) is 0 Å². The van der Waals surface area contributed by atoms with Crippen molar-refractivity contribution in [2.45, 2.75) is 39.2 Å². The number of amides is 1. The molecular weight excluding hydrogens is 188 g/mol. The number of nitrogens with zero attached hydrogens (tertiary/aromatic N) is 1. The van der Waals surface area contributed by atoms with Crippen LogP contribution in [0.15, 0.2) is 24.5 Å². The Morgan fingerprint density at radius 2 is 2.27 bits per heavy atom. The average molecular weight is 206 g/mol. The molecule has 0 aliphatic heterocycles. The highest BCUT2D eigenvalue weighted by Crippen LogP contribution is 2.18. The molecule has 0 radical (unpaired) electrons. The third-order valence-corrected chi connectivity index (χ3v) is 2.31. The Labute approximate surface area is 90.9 Å². The van der Waals surface area contributed by atoms with Gasteiger partial charge in [0.15, 0.2) is 0 Å². The first-order chi connectivity index (χ1) is 7.06. The smallest absolute Gasteiger partial charge is 0.220 e. The zero-order valence-corrected chi connectivity index (χ0v) is 9.58. The standard InChI is InChI=1S/C12H18N2O/c1-4-6-11(15)14-12(2,3)10-7-5-8-13-9-10/h5,7-9H,4,6H2,1-3H3,(H,14,15). The number of hydrogen-bond acceptors (Lipinski definition) is 2. The van der Waals surface area contributed by atoms with Gasteiger partial charge in [-0.05, 0) is 31.9 Å². The number of rotatable bonds is 4. The molecule has 0 saturated carbocycles. The number of hydrogen-bond donors (Lipinski definition) is 1. The van der Waals surface area contributed by atoms with E-state index in [1.54, 1.807) is 12.4 Å². The molecule has 15 heavy (non-hydrogen) atoms. The quantitative estimate of drug-likeness (QED) is 0.820. The maximum absolute atomic E-state index is 11.5. The SMILES string of the molecule is CCCC(=O)NC(C)(C)c1cccnc1. The lowest BCUT2D eigenvalue weighted by Crippen LogP contribution is -2.40. The summed E-state index contributed by atoms with van der Waals surface area (Å²) in [4.78, 5) is 15.6. The van der Waals surface area contributed by atoms with Gasteiger partial charge >= 0.3 is 0 Å². The van der Waals surface area contributed by atoms with Crippen molar-refractivity contribution < 1.29 is 4.79 Å². The maximum Gasteiger partial charge on any atom is 0.220 e. The van der Waals surface area contributed by atoms with E-state index in [9.17, 15) is 4.79 Å². The van der Waals surface area contributed by atoms with Crippen LogP contribution in [0, 0.1) is 0 Å². The van der Waals surface area contributed by atoms with Crippen LogP contribution in [0.25, 0.3) is 0 Å². The predicted octanol–water partition coefficient (Wildman–Crippen LogP) is 2.23. The van der Waals surface area contributed by atoms with Crippen LogP contribution in [0.1, 0.15) is 39.2 Å². The molecule has 0 aliphatic rings. The predicted molar refractivity (Wildman–Crippen MR) is 60.3 cm³/mol. The summed E-state index contributed by atoms with van der Waals surface area (Å²) in [5, 5.41) is 2.99. The van der Waals surface area contributed by atoms with Crippen molar-refractivity contribution in [1.82, 2.24) is 10.3 Å². The van der Waals surface area contributed by atoms with Crippen LogP contribution in [0.4, 0.5) is 0 Å². The van der Waals surface area contributed by atoms with E-state index in [0.717, 1.165) is 12.0 Å². The summed E-state index contributed by atoms with van der Waals surface area (Å²) in [7, 11) is 0. The zero-order valence-electron chi connectivity index (χ0n) is 9.58. The van der Waals surface area contributed by atoms with E-state index in [0.29, 0.717) is 6.42 Å². The highest BCUT2D eigenvalue weighted by Gasteiger charge is 2.22. The third-order valence-electron chi connectivity index (χ3n) is 2.31. The molecule has 1 aromatic rings. The molecule has 0 bridgehead atoms. The molecule has 82 valence electrons. The molecule has 1 heterocycles. The minimum absolute atomic E-state index is 0.0892. The fraction of sp³-hybridized carbons (Fsp3) is 0.500. The second-order valence-corrected chi connectivity index (χ2v) is 4.16. The van der Waals surface area contributed by atoms with E-state index in [1.165, 1.54) is 0 Å². The number of aromatic nitrogens is 1. The van der Waals surface area contributed by atoms with Crippen molar-refractivity contribution in [2.24, 2.45) is 0 Å². The van der Waals surface area contributed by atoms with Gasteiger partial charge in [0, 0.05) is 18.8 Å². The van der Waals surface area contributed by atoms with E-state index < -0.39 is 0 Å². The molecule has 1 N–H and O–H groups in total. The Morgan fingerprint density at radius 3 is 2.80 bits per heavy atom. The van der Waals surface area contributed by atoms with Crippen LogP contribution < -0.4 is 5.32 Å². The van der Waals surface area contributed by atoms with Crippen molar-refractivity contribution in [3.05, 3.63) is 30.1 Å². The first kappa shape index (κ1) is 11.7. The van der Waals surface area contributed by atoms with Gasteiger partial charge in [0.25, 0.3) is 0 Å². The van der Waals surface area contributed by atoms with Crippen LogP contribution in [-0.4, -0.2) is 10.9 Å². The monoisotopic (exact) mass is 206 g/mol. The molecule has 0 unspecified atom stereocenters. The van der Waals surface area contributed by atoms with Crippen LogP contribution >= 0.6 is 0 Å². The second-order valence-electron chi connectivity index (χ2n) is 4.16. The molecule has 0 aromatic carbocycles. The summed E-state index contributed by atoms with van der Waals surface area (Å²) in [6, 6.07) is 3.85. The van der Waals surface area contributed by atoms with Gasteiger partial charge in [-0.2, -0.15) is 0 Å². The van der Waals surface area contributed by atoms with Gasteiger partial charge in [-0.25, -0.2) is 0 Å². The van der Waals surface area contributed by atoms with Gasteiger partial charge < -0.3 is 5.32 Å². The molecular formula is C12H18N2O. The number of carbonyl (C=O) groups is 1. The fourth-order valence-electron chi connectivity index (χ4n) is 1.44. The largest absolute Gasteiger partial charge is 0.347 e. The lowest BCUT2D eigenvalue weighted by atomic mass is 9.96. The van der Waals surface area contributed by atoms with Crippen molar-refractivity contribution >= 4 is 5.91 Å². The number of carbonyl (C=O) groups excluding carboxylic acids is 1. The average Bonchev–Trinajstić information content (AvgIpc) is 2.18. The summed E-state index contributed by atoms with van der Waals surface area (Å²) < 4.78 is 0. The summed E-state index contributed by atoms with van der Waals surface area (Å²) in [6.45, 7) is 5.96. The van der Waals surface area contributed by atoms with Crippen molar-refractivity contribution in [2.75, 3.05) is 0 Å². The van der Waals surface area contributed by atoms with Gasteiger partial charge in [0.2, 0.25) is 5.91 Å². The molecule has 0 spiro atoms. The topological polar surface area (TPSA) is 42.0 Å². The van der Waals surface area contributed by atoms with Crippen molar-refractivity contribution in [3.8, 4) is 0 Å². The van der Waals surface area contributed by atoms with Gasteiger partial charge in [-0.15, -0.1) is 0 Å². The van der Waals surface area contributed by atoms with E-state index in [-0.39, 0.29) is 11.4 Å². The summed E-state index contributed by atoms with van der Waals surface area (Å²) in [6.07, 6.45) is 4.96. The Balaban J connectivity index is 2.71. The Hall–Kier alpha value is -1.38. The van der Waals surface area contributed by atoms with Gasteiger partial charge in [0.05, 0.1) is 5.54 Å². The first-order valence-corrected chi connectivity index (χ1v) is 5.28. The molecule has 1 aromatic heterocycles. The van der Waals surface area contributed by atoms with Crippen LogP contribution in [0.3, 0.4) is 0 Å². The minimum Gasteiger partial charge on any atom is -0.347 e. The van der Waals surface area contributed by atoms with Crippen molar-refractivity contribution in [1.29, 1.82) is 0 Å². The second kappa shape index (κ2) is 4.91. The molecule has 0 atom stereocenters. The summed E-state index contributed by atoms with van der Waals surface area (Å²) >= 11 is 0. The minimum atomic E-state index is -0.347. The van der Waals surface area contributed by atoms with Crippen LogP contribution in [0.5, 0.6) is 0 Å². The van der Waals surface area contributed by atoms with E-state index in [2.05, 4.69) is 10.3 Å². The van der Waals surface area contributed by atoms with Crippen molar-refractivity contribution in [3.63, 3.8) is 0 Å². The molecule has 0 saturated heterocycles. The molecule has 1 amide bonds.